The van der Waals surface area contributed by atoms with Crippen molar-refractivity contribution in [2.75, 3.05) is 13.1 Å². The molecule has 5 aliphatic rings. The van der Waals surface area contributed by atoms with E-state index < -0.39 is 0 Å². The van der Waals surface area contributed by atoms with E-state index in [0.29, 0.717) is 37.8 Å². The van der Waals surface area contributed by atoms with Gasteiger partial charge in [-0.3, -0.25) is 10.1 Å². The Morgan fingerprint density at radius 1 is 1.03 bits per heavy atom. The van der Waals surface area contributed by atoms with Gasteiger partial charge in [0, 0.05) is 35.9 Å². The minimum Gasteiger partial charge on any atom is -0.369 e. The maximum Gasteiger partial charge on any atom is 0.321 e. The standard InChI is InChI=1S/C24H35N7O2/c1-14-7-15(2)27-21(26-14)28-22(31-5-3-19(4-6-31)20(25)32)29-23(33)30-24-11-16-8-17(12-24)10-18(9-16)13-24/h7,16-19H,3-6,8-13H2,1-2H3,(H2,25,32)(H2,26,27,28,29,30,33). The molecular formula is C24H35N7O2. The van der Waals surface area contributed by atoms with Crippen LogP contribution in [0.3, 0.4) is 0 Å². The first-order valence-corrected chi connectivity index (χ1v) is 12.3. The molecule has 3 amide bonds. The number of amides is 3. The van der Waals surface area contributed by atoms with Crippen LogP contribution < -0.4 is 16.4 Å². The van der Waals surface area contributed by atoms with E-state index in [0.717, 1.165) is 48.4 Å². The number of carbonyl (C=O) groups is 2. The number of urea groups is 1. The number of rotatable bonds is 3. The van der Waals surface area contributed by atoms with Crippen molar-refractivity contribution in [3.8, 4) is 0 Å². The highest BCUT2D eigenvalue weighted by atomic mass is 16.2. The van der Waals surface area contributed by atoms with Gasteiger partial charge in [-0.25, -0.2) is 14.8 Å². The minimum absolute atomic E-state index is 0.0840. The topological polar surface area (TPSA) is 126 Å². The molecule has 1 aromatic rings. The molecule has 0 spiro atoms. The van der Waals surface area contributed by atoms with Crippen molar-refractivity contribution in [1.29, 1.82) is 0 Å². The van der Waals surface area contributed by atoms with Gasteiger partial charge in [0.1, 0.15) is 0 Å². The quantitative estimate of drug-likeness (QED) is 0.479. The molecule has 4 N–H and O–H groups in total. The van der Waals surface area contributed by atoms with Crippen molar-refractivity contribution in [3.63, 3.8) is 0 Å². The van der Waals surface area contributed by atoms with E-state index in [-0.39, 0.29) is 23.4 Å². The van der Waals surface area contributed by atoms with Gasteiger partial charge < -0.3 is 16.0 Å². The van der Waals surface area contributed by atoms with Crippen LogP contribution in [-0.2, 0) is 4.79 Å². The summed E-state index contributed by atoms with van der Waals surface area (Å²) in [5, 5.41) is 6.38. The van der Waals surface area contributed by atoms with Crippen LogP contribution in [0.15, 0.2) is 11.1 Å². The third kappa shape index (κ3) is 4.82. The molecule has 0 radical (unpaired) electrons. The normalized spacial score (nSPS) is 31.5. The van der Waals surface area contributed by atoms with Gasteiger partial charge in [-0.05, 0) is 89.0 Å². The number of piperidine rings is 1. The molecular weight excluding hydrogens is 418 g/mol. The lowest BCUT2D eigenvalue weighted by Crippen LogP contribution is -2.62. The number of nitrogens with zero attached hydrogens (tertiary/aromatic N) is 4. The third-order valence-corrected chi connectivity index (χ3v) is 8.02. The lowest BCUT2D eigenvalue weighted by atomic mass is 9.53. The van der Waals surface area contributed by atoms with Gasteiger partial charge in [0.05, 0.1) is 0 Å². The molecule has 4 aliphatic carbocycles. The summed E-state index contributed by atoms with van der Waals surface area (Å²) in [6.07, 6.45) is 8.52. The predicted molar refractivity (Wildman–Crippen MR) is 125 cm³/mol. The van der Waals surface area contributed by atoms with Gasteiger partial charge in [0.15, 0.2) is 0 Å². The number of primary amides is 1. The lowest BCUT2D eigenvalue weighted by Gasteiger charge is -2.56. The summed E-state index contributed by atoms with van der Waals surface area (Å²) in [6, 6.07) is 1.68. The van der Waals surface area contributed by atoms with Crippen LogP contribution in [0.1, 0.15) is 62.8 Å². The average molecular weight is 454 g/mol. The first-order valence-electron chi connectivity index (χ1n) is 12.3. The molecule has 1 saturated heterocycles. The fourth-order valence-electron chi connectivity index (χ4n) is 7.04. The first kappa shape index (κ1) is 22.1. The van der Waals surface area contributed by atoms with Crippen molar-refractivity contribution >= 4 is 23.8 Å². The Hall–Kier alpha value is -2.71. The zero-order valence-corrected chi connectivity index (χ0v) is 19.6. The number of hydrogen-bond acceptors (Lipinski definition) is 5. The van der Waals surface area contributed by atoms with E-state index in [4.69, 9.17) is 5.73 Å². The first-order chi connectivity index (χ1) is 15.8. The van der Waals surface area contributed by atoms with Crippen LogP contribution in [0.2, 0.25) is 0 Å². The molecule has 0 aromatic carbocycles. The molecule has 9 heteroatoms. The van der Waals surface area contributed by atoms with Gasteiger partial charge in [-0.15, -0.1) is 0 Å². The number of likely N-dealkylation sites (tertiary alicyclic amines) is 1. The Morgan fingerprint density at radius 3 is 2.09 bits per heavy atom. The van der Waals surface area contributed by atoms with Crippen molar-refractivity contribution in [2.24, 2.45) is 34.4 Å². The molecule has 4 bridgehead atoms. The second-order valence-electron chi connectivity index (χ2n) is 10.8. The minimum atomic E-state index is -0.265. The van der Waals surface area contributed by atoms with Crippen LogP contribution >= 0.6 is 0 Å². The van der Waals surface area contributed by atoms with Crippen molar-refractivity contribution in [2.45, 2.75) is 70.8 Å². The van der Waals surface area contributed by atoms with Crippen molar-refractivity contribution < 1.29 is 9.59 Å². The molecule has 178 valence electrons. The number of aliphatic imine (C=N–C) groups is 1. The number of nitrogens with two attached hydrogens (primary N) is 1. The van der Waals surface area contributed by atoms with Crippen LogP contribution in [0.25, 0.3) is 0 Å². The highest BCUT2D eigenvalue weighted by Gasteiger charge is 2.51. The van der Waals surface area contributed by atoms with Crippen LogP contribution in [0.4, 0.5) is 10.7 Å². The second-order valence-corrected chi connectivity index (χ2v) is 10.8. The molecule has 2 heterocycles. The summed E-state index contributed by atoms with van der Waals surface area (Å²) >= 11 is 0. The number of hydrogen-bond donors (Lipinski definition) is 3. The molecule has 33 heavy (non-hydrogen) atoms. The monoisotopic (exact) mass is 453 g/mol. The SMILES string of the molecule is Cc1cc(C)nc(/N=C(/NC(=O)NC23CC4CC(CC(C4)C2)C3)N2CCC(C(N)=O)CC2)n1. The molecule has 1 aromatic heterocycles. The summed E-state index contributed by atoms with van der Waals surface area (Å²) in [6.45, 7) is 4.99. The van der Waals surface area contributed by atoms with Crippen LogP contribution in [0, 0.1) is 37.5 Å². The smallest absolute Gasteiger partial charge is 0.321 e. The molecule has 0 unspecified atom stereocenters. The van der Waals surface area contributed by atoms with Crippen molar-refractivity contribution in [1.82, 2.24) is 25.5 Å². The van der Waals surface area contributed by atoms with E-state index in [1.165, 1.54) is 19.3 Å². The summed E-state index contributed by atoms with van der Waals surface area (Å²) < 4.78 is 0. The second kappa shape index (κ2) is 8.57. The van der Waals surface area contributed by atoms with Gasteiger partial charge in [0.2, 0.25) is 11.9 Å². The Bertz CT molecular complexity index is 912. The molecule has 1 aliphatic heterocycles. The van der Waals surface area contributed by atoms with E-state index in [1.807, 2.05) is 24.8 Å². The zero-order valence-electron chi connectivity index (χ0n) is 19.6. The summed E-state index contributed by atoms with van der Waals surface area (Å²) in [5.74, 6) is 2.61. The largest absolute Gasteiger partial charge is 0.369 e. The number of aromatic nitrogens is 2. The molecule has 6 rings (SSSR count). The Balaban J connectivity index is 1.33. The molecule has 5 fully saturated rings. The molecule has 9 nitrogen and oxygen atoms in total. The van der Waals surface area contributed by atoms with Gasteiger partial charge >= 0.3 is 6.03 Å². The van der Waals surface area contributed by atoms with E-state index >= 15 is 0 Å². The van der Waals surface area contributed by atoms with Gasteiger partial charge in [-0.2, -0.15) is 4.99 Å². The Labute approximate surface area is 195 Å². The Morgan fingerprint density at radius 2 is 1.58 bits per heavy atom. The maximum atomic E-state index is 13.2. The van der Waals surface area contributed by atoms with Crippen LogP contribution in [-0.4, -0.2) is 51.4 Å². The third-order valence-electron chi connectivity index (χ3n) is 8.02. The van der Waals surface area contributed by atoms with Gasteiger partial charge in [-0.1, -0.05) is 0 Å². The number of aryl methyl sites for hydroxylation is 2. The number of guanidine groups is 1. The highest BCUT2D eigenvalue weighted by molar-refractivity contribution is 5.97. The predicted octanol–water partition coefficient (Wildman–Crippen LogP) is 2.55. The van der Waals surface area contributed by atoms with Gasteiger partial charge in [0.25, 0.3) is 5.95 Å². The summed E-state index contributed by atoms with van der Waals surface area (Å²) in [7, 11) is 0. The average Bonchev–Trinajstić information content (AvgIpc) is 2.71. The summed E-state index contributed by atoms with van der Waals surface area (Å²) in [4.78, 5) is 40.3. The van der Waals surface area contributed by atoms with E-state index in [1.54, 1.807) is 0 Å². The van der Waals surface area contributed by atoms with Crippen LogP contribution in [0.5, 0.6) is 0 Å². The lowest BCUT2D eigenvalue weighted by molar-refractivity contribution is -0.122. The summed E-state index contributed by atoms with van der Waals surface area (Å²) in [5.41, 5.74) is 7.07. The molecule has 0 atom stereocenters. The molecule has 4 saturated carbocycles. The Kier molecular flexibility index (Phi) is 5.74. The fourth-order valence-corrected chi connectivity index (χ4v) is 7.04. The number of carbonyl (C=O) groups excluding carboxylic acids is 2. The highest BCUT2D eigenvalue weighted by Crippen LogP contribution is 2.55. The maximum absolute atomic E-state index is 13.2. The number of nitrogens with one attached hydrogen (secondary N) is 2. The fraction of sp³-hybridized carbons (Fsp3) is 0.708. The van der Waals surface area contributed by atoms with E-state index in [2.05, 4.69) is 25.6 Å². The zero-order chi connectivity index (χ0) is 23.2. The van der Waals surface area contributed by atoms with E-state index in [9.17, 15) is 9.59 Å². The van der Waals surface area contributed by atoms with Crippen molar-refractivity contribution in [3.05, 3.63) is 17.5 Å².